The Morgan fingerprint density at radius 1 is 1.11 bits per heavy atom. The van der Waals surface area contributed by atoms with E-state index < -0.39 is 11.2 Å². The Kier molecular flexibility index (Phi) is 7.20. The highest BCUT2D eigenvalue weighted by Crippen LogP contribution is 2.25. The molecule has 4 aromatic heterocycles. The Morgan fingerprint density at radius 3 is 2.54 bits per heavy atom. The second-order valence-corrected chi connectivity index (χ2v) is 9.46. The number of aryl methyl sites for hydroxylation is 2. The first-order valence-electron chi connectivity index (χ1n) is 11.5. The fourth-order valence-corrected chi connectivity index (χ4v) is 4.42. The molecular formula is C27H27ClN4O5. The van der Waals surface area contributed by atoms with Crippen LogP contribution < -0.4 is 20.6 Å². The predicted octanol–water partition coefficient (Wildman–Crippen LogP) is 3.86. The van der Waals surface area contributed by atoms with Crippen LogP contribution in [0.3, 0.4) is 0 Å². The van der Waals surface area contributed by atoms with E-state index in [1.807, 2.05) is 6.92 Å². The zero-order valence-electron chi connectivity index (χ0n) is 21.2. The molecule has 0 fully saturated rings. The summed E-state index contributed by atoms with van der Waals surface area (Å²) in [6.07, 6.45) is 4.71. The fraction of sp³-hybridized carbons (Fsp3) is 0.259. The highest BCUT2D eigenvalue weighted by molar-refractivity contribution is 6.31. The largest absolute Gasteiger partial charge is 0.495 e. The molecule has 1 N–H and O–H groups in total. The summed E-state index contributed by atoms with van der Waals surface area (Å²) >= 11 is 6.20. The molecule has 0 amide bonds. The van der Waals surface area contributed by atoms with Crippen LogP contribution >= 0.6 is 11.6 Å². The van der Waals surface area contributed by atoms with Crippen molar-refractivity contribution < 1.29 is 14.6 Å². The van der Waals surface area contributed by atoms with Crippen LogP contribution in [0.25, 0.3) is 11.5 Å². The van der Waals surface area contributed by atoms with Gasteiger partial charge in [0, 0.05) is 42.5 Å². The quantitative estimate of drug-likeness (QED) is 0.392. The summed E-state index contributed by atoms with van der Waals surface area (Å²) in [6, 6.07) is 9.86. The number of hydrogen-bond acceptors (Lipinski definition) is 7. The minimum atomic E-state index is -1.45. The maximum Gasteiger partial charge on any atom is 0.263 e. The normalized spacial score (nSPS) is 11.4. The Bertz CT molecular complexity index is 1590. The van der Waals surface area contributed by atoms with Gasteiger partial charge in [-0.2, -0.15) is 0 Å². The van der Waals surface area contributed by atoms with Gasteiger partial charge in [0.05, 0.1) is 29.0 Å². The molecule has 0 saturated carbocycles. The summed E-state index contributed by atoms with van der Waals surface area (Å²) in [6.45, 7) is 6.72. The lowest BCUT2D eigenvalue weighted by Crippen LogP contribution is -2.32. The Labute approximate surface area is 218 Å². The lowest BCUT2D eigenvalue weighted by atomic mass is 10.00. The van der Waals surface area contributed by atoms with Crippen molar-refractivity contribution in [3.05, 3.63) is 103 Å². The summed E-state index contributed by atoms with van der Waals surface area (Å²) < 4.78 is 13.9. The van der Waals surface area contributed by atoms with Crippen LogP contribution in [0.2, 0.25) is 5.02 Å². The fourth-order valence-electron chi connectivity index (χ4n) is 4.06. The van der Waals surface area contributed by atoms with Crippen LogP contribution in [0, 0.1) is 13.8 Å². The summed E-state index contributed by atoms with van der Waals surface area (Å²) in [5.41, 5.74) is 0.302. The maximum absolute atomic E-state index is 13.2. The van der Waals surface area contributed by atoms with Gasteiger partial charge in [-0.3, -0.25) is 23.7 Å². The SMILES string of the molecule is COc1cccnc1COc1cc(C)n(-c2cc(-n3ccc(Cl)c(C(C)(C)O)c3=O)ncc2C)c(=O)c1. The third kappa shape index (κ3) is 5.28. The average molecular weight is 523 g/mol. The minimum Gasteiger partial charge on any atom is -0.495 e. The van der Waals surface area contributed by atoms with Crippen molar-refractivity contribution in [2.24, 2.45) is 0 Å². The lowest BCUT2D eigenvalue weighted by Gasteiger charge is -2.20. The first-order chi connectivity index (χ1) is 17.5. The molecule has 9 nitrogen and oxygen atoms in total. The van der Waals surface area contributed by atoms with Crippen LogP contribution in [0.1, 0.15) is 36.4 Å². The van der Waals surface area contributed by atoms with E-state index in [1.165, 1.54) is 41.3 Å². The summed E-state index contributed by atoms with van der Waals surface area (Å²) in [5.74, 6) is 1.27. The average Bonchev–Trinajstić information content (AvgIpc) is 2.83. The molecular weight excluding hydrogens is 496 g/mol. The first kappa shape index (κ1) is 26.1. The third-order valence-electron chi connectivity index (χ3n) is 5.84. The van der Waals surface area contributed by atoms with Crippen LogP contribution in [0.15, 0.2) is 64.6 Å². The van der Waals surface area contributed by atoms with Crippen molar-refractivity contribution in [1.29, 1.82) is 0 Å². The van der Waals surface area contributed by atoms with E-state index in [9.17, 15) is 14.7 Å². The molecule has 192 valence electrons. The predicted molar refractivity (Wildman–Crippen MR) is 140 cm³/mol. The number of methoxy groups -OCH3 is 1. The molecule has 0 aliphatic heterocycles. The van der Waals surface area contributed by atoms with E-state index in [2.05, 4.69) is 9.97 Å². The molecule has 0 radical (unpaired) electrons. The van der Waals surface area contributed by atoms with Crippen LogP contribution in [0.5, 0.6) is 11.5 Å². The summed E-state index contributed by atoms with van der Waals surface area (Å²) in [7, 11) is 1.56. The zero-order chi connectivity index (χ0) is 26.9. The number of nitrogens with zero attached hydrogens (tertiary/aromatic N) is 4. The van der Waals surface area contributed by atoms with Crippen LogP contribution in [0.4, 0.5) is 0 Å². The van der Waals surface area contributed by atoms with Crippen molar-refractivity contribution in [1.82, 2.24) is 19.1 Å². The molecule has 0 atom stereocenters. The molecule has 4 aromatic rings. The van der Waals surface area contributed by atoms with Gasteiger partial charge in [-0.1, -0.05) is 11.6 Å². The molecule has 0 bridgehead atoms. The van der Waals surface area contributed by atoms with Gasteiger partial charge >= 0.3 is 0 Å². The number of halogens is 1. The molecule has 0 aliphatic carbocycles. The summed E-state index contributed by atoms with van der Waals surface area (Å²) in [5, 5.41) is 10.6. The van der Waals surface area contributed by atoms with E-state index in [-0.39, 0.29) is 28.6 Å². The first-order valence-corrected chi connectivity index (χ1v) is 11.8. The zero-order valence-corrected chi connectivity index (χ0v) is 21.9. The molecule has 37 heavy (non-hydrogen) atoms. The van der Waals surface area contributed by atoms with E-state index in [0.29, 0.717) is 28.6 Å². The van der Waals surface area contributed by atoms with Crippen molar-refractivity contribution in [3.63, 3.8) is 0 Å². The van der Waals surface area contributed by atoms with Crippen LogP contribution in [-0.4, -0.2) is 31.3 Å². The second kappa shape index (κ2) is 10.2. The van der Waals surface area contributed by atoms with Gasteiger partial charge in [0.2, 0.25) is 0 Å². The number of pyridine rings is 4. The number of aliphatic hydroxyl groups is 1. The second-order valence-electron chi connectivity index (χ2n) is 9.05. The molecule has 0 unspecified atom stereocenters. The minimum absolute atomic E-state index is 0.0555. The topological polar surface area (TPSA) is 108 Å². The van der Waals surface area contributed by atoms with Crippen molar-refractivity contribution in [3.8, 4) is 23.0 Å². The van der Waals surface area contributed by atoms with Gasteiger partial charge in [0.25, 0.3) is 11.1 Å². The third-order valence-corrected chi connectivity index (χ3v) is 6.15. The van der Waals surface area contributed by atoms with Gasteiger partial charge in [0.1, 0.15) is 29.6 Å². The molecule has 0 saturated heterocycles. The number of aromatic nitrogens is 4. The Balaban J connectivity index is 1.73. The van der Waals surface area contributed by atoms with E-state index in [4.69, 9.17) is 21.1 Å². The maximum atomic E-state index is 13.2. The number of hydrogen-bond donors (Lipinski definition) is 1. The number of rotatable bonds is 7. The van der Waals surface area contributed by atoms with E-state index >= 15 is 0 Å². The Hall–Kier alpha value is -3.95. The molecule has 0 spiro atoms. The highest BCUT2D eigenvalue weighted by atomic mass is 35.5. The van der Waals surface area contributed by atoms with Crippen molar-refractivity contribution >= 4 is 11.6 Å². The summed E-state index contributed by atoms with van der Waals surface area (Å²) in [4.78, 5) is 35.0. The van der Waals surface area contributed by atoms with E-state index in [0.717, 1.165) is 5.56 Å². The van der Waals surface area contributed by atoms with E-state index in [1.54, 1.807) is 50.7 Å². The molecule has 4 rings (SSSR count). The molecule has 0 aliphatic rings. The lowest BCUT2D eigenvalue weighted by molar-refractivity contribution is 0.0769. The standard InChI is InChI=1S/C27H27ClN4O5/c1-16-14-30-23(31-10-8-19(28)25(26(31)34)27(3,4)35)13-21(16)32-17(2)11-18(12-24(32)33)37-15-20-22(36-5)7-6-9-29-20/h6-14,35H,15H2,1-5H3. The van der Waals surface area contributed by atoms with Gasteiger partial charge in [-0.05, 0) is 51.5 Å². The Morgan fingerprint density at radius 2 is 1.86 bits per heavy atom. The van der Waals surface area contributed by atoms with Crippen LogP contribution in [-0.2, 0) is 12.2 Å². The molecule has 10 heteroatoms. The molecule has 4 heterocycles. The van der Waals surface area contributed by atoms with Gasteiger partial charge < -0.3 is 14.6 Å². The molecule has 0 aromatic carbocycles. The van der Waals surface area contributed by atoms with Crippen molar-refractivity contribution in [2.45, 2.75) is 39.9 Å². The van der Waals surface area contributed by atoms with Gasteiger partial charge in [-0.25, -0.2) is 4.98 Å². The van der Waals surface area contributed by atoms with Crippen molar-refractivity contribution in [2.75, 3.05) is 7.11 Å². The van der Waals surface area contributed by atoms with Gasteiger partial charge in [-0.15, -0.1) is 0 Å². The van der Waals surface area contributed by atoms with Gasteiger partial charge in [0.15, 0.2) is 0 Å². The monoisotopic (exact) mass is 522 g/mol. The smallest absolute Gasteiger partial charge is 0.263 e. The number of ether oxygens (including phenoxy) is 2. The highest BCUT2D eigenvalue weighted by Gasteiger charge is 2.25.